The summed E-state index contributed by atoms with van der Waals surface area (Å²) >= 11 is 0. The van der Waals surface area contributed by atoms with E-state index in [1.807, 2.05) is 24.3 Å². The van der Waals surface area contributed by atoms with Crippen molar-refractivity contribution in [1.29, 1.82) is 0 Å². The second-order valence-corrected chi connectivity index (χ2v) is 3.63. The summed E-state index contributed by atoms with van der Waals surface area (Å²) in [6, 6.07) is 10.6. The van der Waals surface area contributed by atoms with Crippen LogP contribution in [0.4, 0.5) is 0 Å². The van der Waals surface area contributed by atoms with E-state index in [-0.39, 0.29) is 12.0 Å². The van der Waals surface area contributed by atoms with Crippen LogP contribution >= 0.6 is 0 Å². The summed E-state index contributed by atoms with van der Waals surface area (Å²) < 4.78 is 5.28. The van der Waals surface area contributed by atoms with Gasteiger partial charge in [0.1, 0.15) is 6.10 Å². The third-order valence-corrected chi connectivity index (χ3v) is 2.46. The van der Waals surface area contributed by atoms with Crippen molar-refractivity contribution in [3.8, 4) is 0 Å². The Morgan fingerprint density at radius 1 is 1.67 bits per heavy atom. The van der Waals surface area contributed by atoms with Crippen LogP contribution in [0.3, 0.4) is 0 Å². The summed E-state index contributed by atoms with van der Waals surface area (Å²) in [5.74, 6) is -0.00338. The Hall–Kier alpha value is -1.35. The number of rotatable bonds is 3. The molecule has 0 unspecified atom stereocenters. The lowest BCUT2D eigenvalue weighted by molar-refractivity contribution is -0.130. The zero-order valence-corrected chi connectivity index (χ0v) is 8.53. The summed E-state index contributed by atoms with van der Waals surface area (Å²) in [6.07, 6.45) is 1.59. The molecule has 3 heteroatoms. The second kappa shape index (κ2) is 4.94. The zero-order chi connectivity index (χ0) is 10.5. The molecule has 1 radical (unpaired) electrons. The molecule has 0 bridgehead atoms. The monoisotopic (exact) mass is 204 g/mol. The number of carbonyl (C=O) groups is 1. The molecule has 79 valence electrons. The van der Waals surface area contributed by atoms with Gasteiger partial charge in [0.05, 0.1) is 0 Å². The average Bonchev–Trinajstić information content (AvgIpc) is 2.81. The van der Waals surface area contributed by atoms with Crippen LogP contribution in [0, 0.1) is 6.07 Å². The van der Waals surface area contributed by atoms with Gasteiger partial charge in [0.25, 0.3) is 0 Å². The maximum Gasteiger partial charge on any atom is 0.249 e. The molecular formula is C12H14NO2. The minimum absolute atomic E-state index is 0.00338. The van der Waals surface area contributed by atoms with Crippen molar-refractivity contribution < 1.29 is 9.53 Å². The van der Waals surface area contributed by atoms with E-state index in [0.29, 0.717) is 13.2 Å². The third-order valence-electron chi connectivity index (χ3n) is 2.46. The minimum Gasteiger partial charge on any atom is -0.368 e. The van der Waals surface area contributed by atoms with Gasteiger partial charge in [-0.25, -0.2) is 0 Å². The Morgan fingerprint density at radius 3 is 3.27 bits per heavy atom. The van der Waals surface area contributed by atoms with Crippen LogP contribution in [0.2, 0.25) is 0 Å². The molecule has 1 aromatic rings. The minimum atomic E-state index is -0.238. The topological polar surface area (TPSA) is 38.3 Å². The lowest BCUT2D eigenvalue weighted by Gasteiger charge is -2.09. The van der Waals surface area contributed by atoms with E-state index in [1.54, 1.807) is 0 Å². The van der Waals surface area contributed by atoms with E-state index in [9.17, 15) is 4.79 Å². The number of benzene rings is 1. The van der Waals surface area contributed by atoms with Gasteiger partial charge in [-0.3, -0.25) is 4.79 Å². The Morgan fingerprint density at radius 2 is 2.60 bits per heavy atom. The van der Waals surface area contributed by atoms with E-state index in [2.05, 4.69) is 11.4 Å². The van der Waals surface area contributed by atoms with Gasteiger partial charge in [0.15, 0.2) is 0 Å². The van der Waals surface area contributed by atoms with Crippen LogP contribution in [-0.4, -0.2) is 18.6 Å². The second-order valence-electron chi connectivity index (χ2n) is 3.63. The van der Waals surface area contributed by atoms with Crippen molar-refractivity contribution in [2.75, 3.05) is 6.61 Å². The Bertz CT molecular complexity index is 318. The van der Waals surface area contributed by atoms with Gasteiger partial charge in [-0.05, 0) is 30.5 Å². The van der Waals surface area contributed by atoms with Crippen LogP contribution in [-0.2, 0) is 16.1 Å². The van der Waals surface area contributed by atoms with E-state index in [4.69, 9.17) is 4.74 Å². The highest BCUT2D eigenvalue weighted by Crippen LogP contribution is 2.11. The van der Waals surface area contributed by atoms with Crippen molar-refractivity contribution in [3.63, 3.8) is 0 Å². The summed E-state index contributed by atoms with van der Waals surface area (Å²) in [4.78, 5) is 11.6. The molecule has 15 heavy (non-hydrogen) atoms. The fraction of sp³-hybridized carbons (Fsp3) is 0.417. The Kier molecular flexibility index (Phi) is 3.35. The largest absolute Gasteiger partial charge is 0.368 e. The zero-order valence-electron chi connectivity index (χ0n) is 8.53. The van der Waals surface area contributed by atoms with E-state index >= 15 is 0 Å². The first-order chi connectivity index (χ1) is 7.36. The van der Waals surface area contributed by atoms with Crippen LogP contribution in [0.25, 0.3) is 0 Å². The Balaban J connectivity index is 1.80. The van der Waals surface area contributed by atoms with E-state index in [1.165, 1.54) is 0 Å². The molecule has 3 nitrogen and oxygen atoms in total. The van der Waals surface area contributed by atoms with Crippen LogP contribution in [0.15, 0.2) is 24.3 Å². The van der Waals surface area contributed by atoms with Crippen molar-refractivity contribution in [3.05, 3.63) is 35.9 Å². The molecule has 1 fully saturated rings. The van der Waals surface area contributed by atoms with Crippen LogP contribution in [0.5, 0.6) is 0 Å². The van der Waals surface area contributed by atoms with Crippen LogP contribution in [0.1, 0.15) is 18.4 Å². The van der Waals surface area contributed by atoms with Gasteiger partial charge in [0, 0.05) is 13.2 Å². The highest BCUT2D eigenvalue weighted by atomic mass is 16.5. The third kappa shape index (κ3) is 2.80. The fourth-order valence-electron chi connectivity index (χ4n) is 1.63. The number of nitrogens with one attached hydrogen (secondary N) is 1. The number of hydrogen-bond acceptors (Lipinski definition) is 2. The summed E-state index contributed by atoms with van der Waals surface area (Å²) in [6.45, 7) is 1.26. The first-order valence-corrected chi connectivity index (χ1v) is 5.20. The maximum atomic E-state index is 11.6. The fourth-order valence-corrected chi connectivity index (χ4v) is 1.63. The molecule has 0 saturated carbocycles. The predicted octanol–water partition coefficient (Wildman–Crippen LogP) is 1.28. The highest BCUT2D eigenvalue weighted by Gasteiger charge is 2.22. The number of carbonyl (C=O) groups excluding carboxylic acids is 1. The number of ether oxygens (including phenoxy) is 1. The molecule has 1 N–H and O–H groups in total. The average molecular weight is 204 g/mol. The molecule has 1 aliphatic rings. The molecule has 1 aromatic carbocycles. The van der Waals surface area contributed by atoms with Crippen molar-refractivity contribution in [2.24, 2.45) is 0 Å². The smallest absolute Gasteiger partial charge is 0.249 e. The highest BCUT2D eigenvalue weighted by molar-refractivity contribution is 5.80. The maximum absolute atomic E-state index is 11.6. The summed E-state index contributed by atoms with van der Waals surface area (Å²) in [5.41, 5.74) is 1.06. The first kappa shape index (κ1) is 10.2. The van der Waals surface area contributed by atoms with E-state index < -0.39 is 0 Å². The molecule has 1 amide bonds. The van der Waals surface area contributed by atoms with Crippen LogP contribution < -0.4 is 5.32 Å². The van der Waals surface area contributed by atoms with Crippen molar-refractivity contribution in [2.45, 2.75) is 25.5 Å². The molecule has 0 aromatic heterocycles. The number of hydrogen-bond donors (Lipinski definition) is 1. The van der Waals surface area contributed by atoms with Crippen molar-refractivity contribution >= 4 is 5.91 Å². The molecule has 1 heterocycles. The molecule has 1 aliphatic heterocycles. The van der Waals surface area contributed by atoms with Gasteiger partial charge in [-0.2, -0.15) is 0 Å². The first-order valence-electron chi connectivity index (χ1n) is 5.20. The number of amides is 1. The molecule has 1 saturated heterocycles. The quantitative estimate of drug-likeness (QED) is 0.805. The molecule has 2 rings (SSSR count). The lowest BCUT2D eigenvalue weighted by atomic mass is 10.2. The molecular weight excluding hydrogens is 190 g/mol. The standard InChI is InChI=1S/C12H14NO2/c14-12(11-7-4-8-15-11)13-9-10-5-2-1-3-6-10/h1-2,5-6,11H,4,7-9H2,(H,13,14)/t11-/m1/s1. The predicted molar refractivity (Wildman–Crippen MR) is 56.1 cm³/mol. The van der Waals surface area contributed by atoms with Gasteiger partial charge in [-0.1, -0.05) is 18.2 Å². The lowest BCUT2D eigenvalue weighted by Crippen LogP contribution is -2.33. The van der Waals surface area contributed by atoms with E-state index in [0.717, 1.165) is 18.4 Å². The molecule has 0 spiro atoms. The summed E-state index contributed by atoms with van der Waals surface area (Å²) in [7, 11) is 0. The van der Waals surface area contributed by atoms with Gasteiger partial charge >= 0.3 is 0 Å². The van der Waals surface area contributed by atoms with Gasteiger partial charge in [-0.15, -0.1) is 0 Å². The normalized spacial score (nSPS) is 20.1. The summed E-state index contributed by atoms with van der Waals surface area (Å²) in [5, 5.41) is 2.86. The van der Waals surface area contributed by atoms with Gasteiger partial charge in [0.2, 0.25) is 5.91 Å². The van der Waals surface area contributed by atoms with Gasteiger partial charge < -0.3 is 10.1 Å². The SMILES string of the molecule is O=C(NCc1c[c]ccc1)[C@H]1CCCO1. The Labute approximate surface area is 89.4 Å². The molecule has 0 aliphatic carbocycles. The van der Waals surface area contributed by atoms with Crippen molar-refractivity contribution in [1.82, 2.24) is 5.32 Å². The molecule has 1 atom stereocenters.